The fourth-order valence-electron chi connectivity index (χ4n) is 5.45. The molecule has 1 amide bonds. The van der Waals surface area contributed by atoms with Crippen LogP contribution in [0.2, 0.25) is 5.02 Å². The predicted molar refractivity (Wildman–Crippen MR) is 157 cm³/mol. The summed E-state index contributed by atoms with van der Waals surface area (Å²) < 4.78 is 16.6. The molecule has 5 rings (SSSR count). The average Bonchev–Trinajstić information content (AvgIpc) is 3.00. The molecule has 1 aliphatic carbocycles. The van der Waals surface area contributed by atoms with E-state index in [4.69, 9.17) is 35.8 Å². The zero-order valence-corrected chi connectivity index (χ0v) is 24.3. The van der Waals surface area contributed by atoms with Crippen molar-refractivity contribution in [3.8, 4) is 17.4 Å². The topological polar surface area (TPSA) is 118 Å². The molecule has 1 saturated carbocycles. The molecular weight excluding hydrogens is 546 g/mol. The second-order valence-electron chi connectivity index (χ2n) is 10.3. The van der Waals surface area contributed by atoms with Gasteiger partial charge in [-0.15, -0.1) is 0 Å². The summed E-state index contributed by atoms with van der Waals surface area (Å²) in [6.45, 7) is 1.62. The summed E-state index contributed by atoms with van der Waals surface area (Å²) in [5, 5.41) is 16.8. The summed E-state index contributed by atoms with van der Waals surface area (Å²) >= 11 is 6.35. The summed E-state index contributed by atoms with van der Waals surface area (Å²) in [4.78, 5) is 25.3. The molecule has 0 radical (unpaired) electrons. The molecule has 2 aliphatic rings. The van der Waals surface area contributed by atoms with Gasteiger partial charge in [0.15, 0.2) is 0 Å². The quantitative estimate of drug-likeness (QED) is 0.339. The van der Waals surface area contributed by atoms with Gasteiger partial charge in [-0.25, -0.2) is 0 Å². The van der Waals surface area contributed by atoms with E-state index in [-0.39, 0.29) is 29.5 Å². The maximum absolute atomic E-state index is 13.6. The fraction of sp³-hybridized carbons (Fsp3) is 0.433. The lowest BCUT2D eigenvalue weighted by molar-refractivity contribution is 0.0864. The van der Waals surface area contributed by atoms with Gasteiger partial charge in [-0.3, -0.25) is 4.79 Å². The van der Waals surface area contributed by atoms with Gasteiger partial charge in [0, 0.05) is 31.2 Å². The van der Waals surface area contributed by atoms with E-state index in [0.717, 1.165) is 23.3 Å². The van der Waals surface area contributed by atoms with Crippen LogP contribution >= 0.6 is 11.6 Å². The van der Waals surface area contributed by atoms with Crippen molar-refractivity contribution in [1.82, 2.24) is 15.3 Å². The van der Waals surface area contributed by atoms with E-state index in [2.05, 4.69) is 21.6 Å². The monoisotopic (exact) mass is 581 g/mol. The zero-order chi connectivity index (χ0) is 28.9. The first kappa shape index (κ1) is 28.8. The molecule has 1 aliphatic heterocycles. The summed E-state index contributed by atoms with van der Waals surface area (Å²) in [6.07, 6.45) is 3.21. The number of hydrogen-bond donors (Lipinski definition) is 3. The Morgan fingerprint density at radius 1 is 1.05 bits per heavy atom. The van der Waals surface area contributed by atoms with E-state index in [1.807, 2.05) is 24.3 Å². The number of benzene rings is 2. The van der Waals surface area contributed by atoms with Crippen molar-refractivity contribution in [2.24, 2.45) is 0 Å². The number of hydrogen-bond acceptors (Lipinski definition) is 9. The Balaban J connectivity index is 1.47. The van der Waals surface area contributed by atoms with Gasteiger partial charge in [-0.2, -0.15) is 9.97 Å². The second-order valence-corrected chi connectivity index (χ2v) is 10.7. The van der Waals surface area contributed by atoms with Crippen LogP contribution in [0.5, 0.6) is 17.4 Å². The van der Waals surface area contributed by atoms with Gasteiger partial charge >= 0.3 is 0 Å². The zero-order valence-electron chi connectivity index (χ0n) is 23.6. The molecule has 218 valence electrons. The van der Waals surface area contributed by atoms with Gasteiger partial charge in [0.2, 0.25) is 11.8 Å². The molecule has 10 nitrogen and oxygen atoms in total. The lowest BCUT2D eigenvalue weighted by Gasteiger charge is -2.31. The standard InChI is InChI=1S/C30H36ClN5O5/c1-39-24-6-4-5-19-13-14-36(17-22(19)24)30-34-27(32-16-18-7-12-25(40-2)23(31)15-18)26(29(35-30)41-3)28(38)33-20-8-10-21(37)11-9-20/h4-7,12,15,20-21,37H,8-11,13-14,16-17H2,1-3H3,(H,33,38)(H,32,34,35). The molecule has 1 aromatic heterocycles. The van der Waals surface area contributed by atoms with Crippen LogP contribution in [0.1, 0.15) is 52.7 Å². The highest BCUT2D eigenvalue weighted by Gasteiger charge is 2.29. The Morgan fingerprint density at radius 2 is 1.83 bits per heavy atom. The molecule has 3 aromatic rings. The summed E-state index contributed by atoms with van der Waals surface area (Å²) in [5.41, 5.74) is 3.44. The van der Waals surface area contributed by atoms with E-state index in [0.29, 0.717) is 67.9 Å². The molecule has 41 heavy (non-hydrogen) atoms. The van der Waals surface area contributed by atoms with Crippen LogP contribution in [-0.4, -0.2) is 61.0 Å². The average molecular weight is 582 g/mol. The van der Waals surface area contributed by atoms with Crippen LogP contribution in [0.4, 0.5) is 11.8 Å². The summed E-state index contributed by atoms with van der Waals surface area (Å²) in [6, 6.07) is 11.5. The van der Waals surface area contributed by atoms with Gasteiger partial charge in [0.25, 0.3) is 5.91 Å². The highest BCUT2D eigenvalue weighted by molar-refractivity contribution is 6.32. The minimum Gasteiger partial charge on any atom is -0.496 e. The van der Waals surface area contributed by atoms with Crippen molar-refractivity contribution in [1.29, 1.82) is 0 Å². The van der Waals surface area contributed by atoms with Crippen LogP contribution in [0.25, 0.3) is 0 Å². The number of methoxy groups -OCH3 is 3. The van der Waals surface area contributed by atoms with Crippen molar-refractivity contribution in [2.45, 2.75) is 57.3 Å². The lowest BCUT2D eigenvalue weighted by Crippen LogP contribution is -2.39. The van der Waals surface area contributed by atoms with Crippen LogP contribution in [0.15, 0.2) is 36.4 Å². The molecule has 2 aromatic carbocycles. The highest BCUT2D eigenvalue weighted by atomic mass is 35.5. The first-order chi connectivity index (χ1) is 19.9. The van der Waals surface area contributed by atoms with Crippen molar-refractivity contribution in [3.05, 3.63) is 63.7 Å². The molecular formula is C30H36ClN5O5. The first-order valence-corrected chi connectivity index (χ1v) is 14.2. The third-order valence-corrected chi connectivity index (χ3v) is 8.02. The molecule has 0 unspecified atom stereocenters. The number of carbonyl (C=O) groups is 1. The number of aliphatic hydroxyl groups is 1. The molecule has 0 atom stereocenters. The number of aliphatic hydroxyl groups excluding tert-OH is 1. The van der Waals surface area contributed by atoms with Crippen molar-refractivity contribution in [2.75, 3.05) is 38.1 Å². The van der Waals surface area contributed by atoms with Gasteiger partial charge in [-0.1, -0.05) is 29.8 Å². The molecule has 0 bridgehead atoms. The number of amides is 1. The molecule has 11 heteroatoms. The van der Waals surface area contributed by atoms with Crippen molar-refractivity contribution in [3.63, 3.8) is 0 Å². The Bertz CT molecular complexity index is 1380. The van der Waals surface area contributed by atoms with Crippen molar-refractivity contribution < 1.29 is 24.1 Å². The largest absolute Gasteiger partial charge is 0.496 e. The third-order valence-electron chi connectivity index (χ3n) is 7.73. The minimum atomic E-state index is -0.323. The van der Waals surface area contributed by atoms with E-state index < -0.39 is 0 Å². The normalized spacial score (nSPS) is 18.3. The van der Waals surface area contributed by atoms with Crippen molar-refractivity contribution >= 4 is 29.3 Å². The number of ether oxygens (including phenoxy) is 3. The minimum absolute atomic E-state index is 0.0467. The van der Waals surface area contributed by atoms with Gasteiger partial charge < -0.3 is 34.9 Å². The Kier molecular flexibility index (Phi) is 8.99. The number of nitrogens with zero attached hydrogens (tertiary/aromatic N) is 3. The number of halogens is 1. The molecule has 0 spiro atoms. The Labute approximate surface area is 245 Å². The second kappa shape index (κ2) is 12.8. The van der Waals surface area contributed by atoms with Crippen LogP contribution in [0.3, 0.4) is 0 Å². The number of anilines is 2. The van der Waals surface area contributed by atoms with E-state index in [1.165, 1.54) is 12.7 Å². The first-order valence-electron chi connectivity index (χ1n) is 13.8. The maximum Gasteiger partial charge on any atom is 0.260 e. The van der Waals surface area contributed by atoms with Gasteiger partial charge in [0.1, 0.15) is 22.9 Å². The lowest BCUT2D eigenvalue weighted by atomic mass is 9.93. The highest BCUT2D eigenvalue weighted by Crippen LogP contribution is 2.33. The Morgan fingerprint density at radius 3 is 2.54 bits per heavy atom. The summed E-state index contributed by atoms with van der Waals surface area (Å²) in [5.74, 6) is 2.08. The van der Waals surface area contributed by atoms with Gasteiger partial charge in [-0.05, 0) is 61.4 Å². The predicted octanol–water partition coefficient (Wildman–Crippen LogP) is 4.36. The summed E-state index contributed by atoms with van der Waals surface area (Å²) in [7, 11) is 4.74. The van der Waals surface area contributed by atoms with Crippen LogP contribution < -0.4 is 29.7 Å². The Hall–Kier alpha value is -3.76. The number of fused-ring (bicyclic) bond motifs is 1. The number of aromatic nitrogens is 2. The number of carbonyl (C=O) groups excluding carboxylic acids is 1. The number of nitrogens with one attached hydrogen (secondary N) is 2. The van der Waals surface area contributed by atoms with E-state index >= 15 is 0 Å². The van der Waals surface area contributed by atoms with Crippen LogP contribution in [-0.2, 0) is 19.5 Å². The number of rotatable bonds is 9. The SMILES string of the molecule is COc1ccc(CNc2nc(N3CCc4cccc(OC)c4C3)nc(OC)c2C(=O)NC2CCC(O)CC2)cc1Cl. The molecule has 0 saturated heterocycles. The molecule has 3 N–H and O–H groups in total. The fourth-order valence-corrected chi connectivity index (χ4v) is 5.73. The van der Waals surface area contributed by atoms with E-state index in [1.54, 1.807) is 20.3 Å². The molecule has 2 heterocycles. The van der Waals surface area contributed by atoms with Gasteiger partial charge in [0.05, 0.1) is 32.5 Å². The van der Waals surface area contributed by atoms with Crippen LogP contribution in [0, 0.1) is 0 Å². The third kappa shape index (κ3) is 6.44. The molecule has 1 fully saturated rings. The maximum atomic E-state index is 13.6. The smallest absolute Gasteiger partial charge is 0.260 e. The van der Waals surface area contributed by atoms with E-state index in [9.17, 15) is 9.90 Å².